The van der Waals surface area contributed by atoms with E-state index >= 15 is 0 Å². The molecule has 1 heterocycles. The van der Waals surface area contributed by atoms with E-state index in [-0.39, 0.29) is 5.91 Å². The highest BCUT2D eigenvalue weighted by atomic mass is 16.5. The molecular formula is C19H23N2O2+. The number of nitrogens with one attached hydrogen (secondary N) is 1. The standard InChI is InChI=1S/C19H22N2O2/c1-15-3-5-16(6-4-15)19(22)21-13-11-20(12-14-21)17-7-9-18(23-2)10-8-17/h3-10H,11-14H2,1-2H3/p+1. The van der Waals surface area contributed by atoms with E-state index in [0.717, 1.165) is 37.5 Å². The normalized spacial score (nSPS) is 15.5. The molecule has 0 saturated carbocycles. The van der Waals surface area contributed by atoms with Gasteiger partial charge in [-0.3, -0.25) is 9.69 Å². The number of ether oxygens (including phenoxy) is 1. The maximum Gasteiger partial charge on any atom is 0.254 e. The molecule has 0 spiro atoms. The molecule has 1 aliphatic rings. The van der Waals surface area contributed by atoms with Crippen molar-refractivity contribution < 1.29 is 14.4 Å². The van der Waals surface area contributed by atoms with Crippen LogP contribution in [0.3, 0.4) is 0 Å². The summed E-state index contributed by atoms with van der Waals surface area (Å²) in [6.45, 7) is 5.47. The fourth-order valence-corrected chi connectivity index (χ4v) is 2.97. The van der Waals surface area contributed by atoms with Crippen LogP contribution in [-0.4, -0.2) is 44.1 Å². The Bertz CT molecular complexity index is 657. The highest BCUT2D eigenvalue weighted by Gasteiger charge is 2.25. The van der Waals surface area contributed by atoms with Crippen molar-refractivity contribution >= 4 is 11.6 Å². The maximum atomic E-state index is 12.5. The Balaban J connectivity index is 1.61. The summed E-state index contributed by atoms with van der Waals surface area (Å²) in [4.78, 5) is 15.9. The molecule has 1 saturated heterocycles. The van der Waals surface area contributed by atoms with Crippen LogP contribution in [0.15, 0.2) is 48.5 Å². The van der Waals surface area contributed by atoms with E-state index < -0.39 is 0 Å². The number of nitrogens with zero attached hydrogens (tertiary/aromatic N) is 1. The molecule has 0 aromatic heterocycles. The van der Waals surface area contributed by atoms with Crippen LogP contribution >= 0.6 is 0 Å². The fraction of sp³-hybridized carbons (Fsp3) is 0.316. The van der Waals surface area contributed by atoms with Crippen LogP contribution in [0.25, 0.3) is 0 Å². The smallest absolute Gasteiger partial charge is 0.254 e. The monoisotopic (exact) mass is 311 g/mol. The third kappa shape index (κ3) is 3.54. The molecule has 4 heteroatoms. The number of rotatable bonds is 3. The van der Waals surface area contributed by atoms with Gasteiger partial charge in [0, 0.05) is 17.7 Å². The van der Waals surface area contributed by atoms with Crippen LogP contribution < -0.4 is 9.64 Å². The van der Waals surface area contributed by atoms with Crippen LogP contribution in [-0.2, 0) is 0 Å². The average Bonchev–Trinajstić information content (AvgIpc) is 2.62. The highest BCUT2D eigenvalue weighted by Crippen LogP contribution is 2.13. The van der Waals surface area contributed by atoms with Crippen molar-refractivity contribution in [1.29, 1.82) is 0 Å². The number of hydrogen-bond donors (Lipinski definition) is 1. The number of carbonyl (C=O) groups is 1. The zero-order valence-electron chi connectivity index (χ0n) is 13.7. The molecule has 120 valence electrons. The fourth-order valence-electron chi connectivity index (χ4n) is 2.97. The van der Waals surface area contributed by atoms with Gasteiger partial charge in [-0.25, -0.2) is 0 Å². The van der Waals surface area contributed by atoms with Gasteiger partial charge in [0.25, 0.3) is 5.91 Å². The molecule has 0 radical (unpaired) electrons. The lowest BCUT2D eigenvalue weighted by molar-refractivity contribution is -0.837. The van der Waals surface area contributed by atoms with Gasteiger partial charge in [-0.2, -0.15) is 0 Å². The molecule has 1 aliphatic heterocycles. The number of quaternary nitrogens is 1. The Morgan fingerprint density at radius 3 is 2.17 bits per heavy atom. The molecule has 2 aromatic carbocycles. The van der Waals surface area contributed by atoms with Crippen LogP contribution in [0, 0.1) is 6.92 Å². The maximum absolute atomic E-state index is 12.5. The summed E-state index contributed by atoms with van der Waals surface area (Å²) in [5.74, 6) is 1.01. The van der Waals surface area contributed by atoms with Crippen molar-refractivity contribution in [1.82, 2.24) is 4.90 Å². The first-order chi connectivity index (χ1) is 11.2. The number of methoxy groups -OCH3 is 1. The largest absolute Gasteiger partial charge is 0.497 e. The molecule has 2 aromatic rings. The topological polar surface area (TPSA) is 34.0 Å². The summed E-state index contributed by atoms with van der Waals surface area (Å²) < 4.78 is 5.20. The van der Waals surface area contributed by atoms with Crippen LogP contribution in [0.5, 0.6) is 5.75 Å². The first kappa shape index (κ1) is 15.6. The number of piperazine rings is 1. The molecule has 1 fully saturated rings. The van der Waals surface area contributed by atoms with E-state index in [1.165, 1.54) is 16.2 Å². The highest BCUT2D eigenvalue weighted by molar-refractivity contribution is 5.94. The number of carbonyl (C=O) groups excluding carboxylic acids is 1. The molecule has 0 aliphatic carbocycles. The van der Waals surface area contributed by atoms with E-state index in [2.05, 4.69) is 12.1 Å². The van der Waals surface area contributed by atoms with Crippen molar-refractivity contribution in [2.24, 2.45) is 0 Å². The van der Waals surface area contributed by atoms with Gasteiger partial charge in [0.05, 0.1) is 33.3 Å². The molecule has 3 rings (SSSR count). The predicted octanol–water partition coefficient (Wildman–Crippen LogP) is 1.68. The lowest BCUT2D eigenvalue weighted by Crippen LogP contribution is -3.10. The third-order valence-electron chi connectivity index (χ3n) is 4.45. The Morgan fingerprint density at radius 2 is 1.61 bits per heavy atom. The van der Waals surface area contributed by atoms with Crippen LogP contribution in [0.1, 0.15) is 15.9 Å². The quantitative estimate of drug-likeness (QED) is 0.936. The summed E-state index contributed by atoms with van der Waals surface area (Å²) in [5, 5.41) is 0. The number of benzene rings is 2. The summed E-state index contributed by atoms with van der Waals surface area (Å²) >= 11 is 0. The third-order valence-corrected chi connectivity index (χ3v) is 4.45. The van der Waals surface area contributed by atoms with Crippen molar-refractivity contribution in [2.75, 3.05) is 33.3 Å². The Hall–Kier alpha value is -2.33. The summed E-state index contributed by atoms with van der Waals surface area (Å²) in [5.41, 5.74) is 3.21. The first-order valence-corrected chi connectivity index (χ1v) is 8.02. The average molecular weight is 311 g/mol. The van der Waals surface area contributed by atoms with E-state index in [4.69, 9.17) is 4.74 Å². The molecule has 1 N–H and O–H groups in total. The molecule has 1 amide bonds. The Morgan fingerprint density at radius 1 is 1.00 bits per heavy atom. The minimum absolute atomic E-state index is 0.138. The molecule has 4 nitrogen and oxygen atoms in total. The van der Waals surface area contributed by atoms with Gasteiger partial charge in [0.1, 0.15) is 11.4 Å². The minimum Gasteiger partial charge on any atom is -0.497 e. The van der Waals surface area contributed by atoms with Crippen molar-refractivity contribution in [3.63, 3.8) is 0 Å². The molecular weight excluding hydrogens is 288 g/mol. The van der Waals surface area contributed by atoms with E-state index in [9.17, 15) is 4.79 Å². The number of aryl methyl sites for hydroxylation is 1. The van der Waals surface area contributed by atoms with Crippen molar-refractivity contribution in [2.45, 2.75) is 6.92 Å². The zero-order chi connectivity index (χ0) is 16.2. The van der Waals surface area contributed by atoms with Gasteiger partial charge in [0.15, 0.2) is 0 Å². The van der Waals surface area contributed by atoms with Gasteiger partial charge in [0.2, 0.25) is 0 Å². The molecule has 23 heavy (non-hydrogen) atoms. The van der Waals surface area contributed by atoms with Gasteiger partial charge < -0.3 is 9.64 Å². The SMILES string of the molecule is COc1ccc([NH+]2CCN(C(=O)c3ccc(C)cc3)CC2)cc1. The molecule has 0 atom stereocenters. The van der Waals surface area contributed by atoms with Crippen molar-refractivity contribution in [3.05, 3.63) is 59.7 Å². The van der Waals surface area contributed by atoms with Gasteiger partial charge in [-0.05, 0) is 31.2 Å². The lowest BCUT2D eigenvalue weighted by Gasteiger charge is -2.32. The predicted molar refractivity (Wildman–Crippen MR) is 90.4 cm³/mol. The molecule has 0 bridgehead atoms. The summed E-state index contributed by atoms with van der Waals surface area (Å²) in [6.07, 6.45) is 0. The van der Waals surface area contributed by atoms with E-state index in [0.29, 0.717) is 0 Å². The van der Waals surface area contributed by atoms with Crippen molar-refractivity contribution in [3.8, 4) is 5.75 Å². The van der Waals surface area contributed by atoms with Gasteiger partial charge >= 0.3 is 0 Å². The van der Waals surface area contributed by atoms with E-state index in [1.807, 2.05) is 48.2 Å². The Kier molecular flexibility index (Phi) is 4.63. The zero-order valence-corrected chi connectivity index (χ0v) is 13.7. The summed E-state index contributed by atoms with van der Waals surface area (Å²) in [7, 11) is 1.68. The van der Waals surface area contributed by atoms with E-state index in [1.54, 1.807) is 7.11 Å². The second kappa shape index (κ2) is 6.84. The lowest BCUT2D eigenvalue weighted by atomic mass is 10.1. The van der Waals surface area contributed by atoms with Crippen LogP contribution in [0.2, 0.25) is 0 Å². The molecule has 0 unspecified atom stereocenters. The second-order valence-corrected chi connectivity index (χ2v) is 5.99. The number of hydrogen-bond acceptors (Lipinski definition) is 2. The van der Waals surface area contributed by atoms with Crippen LogP contribution in [0.4, 0.5) is 5.69 Å². The number of amides is 1. The Labute approximate surface area is 137 Å². The summed E-state index contributed by atoms with van der Waals surface area (Å²) in [6, 6.07) is 16.0. The first-order valence-electron chi connectivity index (χ1n) is 8.02. The van der Waals surface area contributed by atoms with Gasteiger partial charge in [-0.15, -0.1) is 0 Å². The minimum atomic E-state index is 0.138. The second-order valence-electron chi connectivity index (χ2n) is 5.99. The van der Waals surface area contributed by atoms with Gasteiger partial charge in [-0.1, -0.05) is 17.7 Å².